The summed E-state index contributed by atoms with van der Waals surface area (Å²) in [6, 6.07) is 16.8. The minimum Gasteiger partial charge on any atom is -0.444 e. The molecule has 8 heteroatoms. The molecule has 8 nitrogen and oxygen atoms in total. The number of hydrogen-bond acceptors (Lipinski definition) is 5. The van der Waals surface area contributed by atoms with E-state index >= 15 is 0 Å². The minimum absolute atomic E-state index is 0.158. The number of carbonyl (C=O) groups is 3. The van der Waals surface area contributed by atoms with Gasteiger partial charge in [0.1, 0.15) is 17.7 Å². The van der Waals surface area contributed by atoms with Crippen molar-refractivity contribution in [3.05, 3.63) is 77.4 Å². The predicted octanol–water partition coefficient (Wildman–Crippen LogP) is 5.26. The van der Waals surface area contributed by atoms with E-state index in [1.165, 1.54) is 0 Å². The number of alkyl carbamates (subject to hydrolysis) is 1. The first-order chi connectivity index (χ1) is 18.9. The monoisotopic (exact) mass is 545 g/mol. The summed E-state index contributed by atoms with van der Waals surface area (Å²) >= 11 is 0. The normalized spacial score (nSPS) is 18.0. The predicted molar refractivity (Wildman–Crippen MR) is 156 cm³/mol. The van der Waals surface area contributed by atoms with E-state index < -0.39 is 36.3 Å². The lowest BCUT2D eigenvalue weighted by Gasteiger charge is -2.35. The Balaban J connectivity index is 1.72. The molecular formula is C32H39N3O5. The van der Waals surface area contributed by atoms with Crippen LogP contribution in [0.15, 0.2) is 60.7 Å². The summed E-state index contributed by atoms with van der Waals surface area (Å²) in [5.74, 6) is -0.751. The topological polar surface area (TPSA) is 108 Å². The Kier molecular flexibility index (Phi) is 8.49. The van der Waals surface area contributed by atoms with Crippen molar-refractivity contribution >= 4 is 34.4 Å². The summed E-state index contributed by atoms with van der Waals surface area (Å²) in [6.07, 6.45) is -0.103. The highest BCUT2D eigenvalue weighted by molar-refractivity contribution is 6.01. The molecule has 0 aliphatic heterocycles. The first-order valence-corrected chi connectivity index (χ1v) is 13.7. The number of benzene rings is 3. The second-order valence-electron chi connectivity index (χ2n) is 11.7. The number of amides is 3. The molecule has 212 valence electrons. The van der Waals surface area contributed by atoms with E-state index in [4.69, 9.17) is 4.74 Å². The molecular weight excluding hydrogens is 506 g/mol. The Morgan fingerprint density at radius 1 is 1.02 bits per heavy atom. The number of hydrogen-bond donors (Lipinski definition) is 3. The van der Waals surface area contributed by atoms with Gasteiger partial charge in [-0.3, -0.25) is 9.59 Å². The van der Waals surface area contributed by atoms with Crippen LogP contribution in [0.3, 0.4) is 0 Å². The van der Waals surface area contributed by atoms with E-state index in [0.29, 0.717) is 17.7 Å². The maximum absolute atomic E-state index is 14.1. The fourth-order valence-electron chi connectivity index (χ4n) is 4.95. The summed E-state index contributed by atoms with van der Waals surface area (Å²) in [4.78, 5) is 42.3. The zero-order chi connectivity index (χ0) is 29.2. The molecule has 0 radical (unpaired) electrons. The number of nitrogens with one attached hydrogen (secondary N) is 2. The molecule has 0 aromatic heterocycles. The van der Waals surface area contributed by atoms with Crippen molar-refractivity contribution in [3.8, 4) is 0 Å². The standard InChI is InChI=1S/C32H39N3O5/c1-19-10-9-13-25(21(19)3)28(29(37)33-24-15-14-22-11-7-8-12-23(22)17-24)35(27-16-20(27)2)30(38)26(18-36)34-31(39)40-32(4,5)6/h7-15,17,20,26-28,36H,16,18H2,1-6H3,(H,33,37)(H,34,39). The summed E-state index contributed by atoms with van der Waals surface area (Å²) in [5, 5.41) is 17.7. The van der Waals surface area contributed by atoms with Gasteiger partial charge < -0.3 is 25.4 Å². The van der Waals surface area contributed by atoms with Crippen LogP contribution in [-0.2, 0) is 14.3 Å². The number of aliphatic hydroxyl groups is 1. The lowest BCUT2D eigenvalue weighted by atomic mass is 9.94. The van der Waals surface area contributed by atoms with Crippen molar-refractivity contribution < 1.29 is 24.2 Å². The molecule has 3 aromatic carbocycles. The van der Waals surface area contributed by atoms with Crippen LogP contribution in [0.4, 0.5) is 10.5 Å². The molecule has 3 N–H and O–H groups in total. The van der Waals surface area contributed by atoms with Gasteiger partial charge in [-0.15, -0.1) is 0 Å². The second kappa shape index (κ2) is 11.7. The van der Waals surface area contributed by atoms with Crippen molar-refractivity contribution in [1.29, 1.82) is 0 Å². The Hall–Kier alpha value is -3.91. The van der Waals surface area contributed by atoms with E-state index in [0.717, 1.165) is 21.9 Å². The minimum atomic E-state index is -1.27. The Bertz CT molecular complexity index is 1410. The number of rotatable bonds is 8. The van der Waals surface area contributed by atoms with E-state index in [2.05, 4.69) is 10.6 Å². The number of carbonyl (C=O) groups excluding carboxylic acids is 3. The third-order valence-corrected chi connectivity index (χ3v) is 7.34. The van der Waals surface area contributed by atoms with E-state index in [1.807, 2.05) is 81.4 Å². The van der Waals surface area contributed by atoms with Crippen LogP contribution in [0.2, 0.25) is 0 Å². The molecule has 3 amide bonds. The van der Waals surface area contributed by atoms with Crippen LogP contribution >= 0.6 is 0 Å². The highest BCUT2D eigenvalue weighted by atomic mass is 16.6. The van der Waals surface area contributed by atoms with E-state index in [9.17, 15) is 19.5 Å². The van der Waals surface area contributed by atoms with Crippen LogP contribution in [-0.4, -0.2) is 52.2 Å². The van der Waals surface area contributed by atoms with Gasteiger partial charge in [0.25, 0.3) is 5.91 Å². The fourth-order valence-corrected chi connectivity index (χ4v) is 4.95. The molecule has 0 spiro atoms. The molecule has 4 rings (SSSR count). The molecule has 40 heavy (non-hydrogen) atoms. The number of fused-ring (bicyclic) bond motifs is 1. The molecule has 0 heterocycles. The number of anilines is 1. The SMILES string of the molecule is Cc1cccc(C(C(=O)Nc2ccc3ccccc3c2)N(C(=O)C(CO)NC(=O)OC(C)(C)C)C2CC2C)c1C. The van der Waals surface area contributed by atoms with Crippen LogP contribution < -0.4 is 10.6 Å². The third-order valence-electron chi connectivity index (χ3n) is 7.34. The van der Waals surface area contributed by atoms with Gasteiger partial charge in [-0.1, -0.05) is 55.5 Å². The molecule has 1 fully saturated rings. The molecule has 1 aliphatic rings. The maximum Gasteiger partial charge on any atom is 0.408 e. The number of ether oxygens (including phenoxy) is 1. The molecule has 1 saturated carbocycles. The smallest absolute Gasteiger partial charge is 0.408 e. The van der Waals surface area contributed by atoms with Gasteiger partial charge in [-0.05, 0) is 86.6 Å². The van der Waals surface area contributed by atoms with Crippen molar-refractivity contribution in [2.45, 2.75) is 71.7 Å². The number of aryl methyl sites for hydroxylation is 1. The molecule has 4 atom stereocenters. The maximum atomic E-state index is 14.1. The summed E-state index contributed by atoms with van der Waals surface area (Å²) < 4.78 is 5.33. The van der Waals surface area contributed by atoms with Crippen molar-refractivity contribution in [1.82, 2.24) is 10.2 Å². The summed E-state index contributed by atoms with van der Waals surface area (Å²) in [5.41, 5.74) is 2.41. The molecule has 4 unspecified atom stereocenters. The van der Waals surface area contributed by atoms with Gasteiger partial charge in [-0.2, -0.15) is 0 Å². The van der Waals surface area contributed by atoms with E-state index in [1.54, 1.807) is 25.7 Å². The molecule has 0 saturated heterocycles. The van der Waals surface area contributed by atoms with Crippen molar-refractivity contribution in [2.24, 2.45) is 5.92 Å². The van der Waals surface area contributed by atoms with Gasteiger partial charge in [-0.25, -0.2) is 4.79 Å². The Labute approximate surface area is 235 Å². The highest BCUT2D eigenvalue weighted by Crippen LogP contribution is 2.42. The lowest BCUT2D eigenvalue weighted by Crippen LogP contribution is -2.54. The van der Waals surface area contributed by atoms with Gasteiger partial charge in [0, 0.05) is 11.7 Å². The van der Waals surface area contributed by atoms with Crippen LogP contribution in [0, 0.1) is 19.8 Å². The quantitative estimate of drug-likeness (QED) is 0.358. The molecule has 1 aliphatic carbocycles. The van der Waals surface area contributed by atoms with Gasteiger partial charge >= 0.3 is 6.09 Å². The fraction of sp³-hybridized carbons (Fsp3) is 0.406. The highest BCUT2D eigenvalue weighted by Gasteiger charge is 2.48. The Morgan fingerprint density at radius 2 is 1.70 bits per heavy atom. The van der Waals surface area contributed by atoms with Gasteiger partial charge in [0.05, 0.1) is 6.61 Å². The van der Waals surface area contributed by atoms with E-state index in [-0.39, 0.29) is 17.9 Å². The first-order valence-electron chi connectivity index (χ1n) is 13.7. The number of aliphatic hydroxyl groups excluding tert-OH is 1. The number of nitrogens with zero attached hydrogens (tertiary/aromatic N) is 1. The van der Waals surface area contributed by atoms with Gasteiger partial charge in [0.2, 0.25) is 5.91 Å². The average molecular weight is 546 g/mol. The zero-order valence-electron chi connectivity index (χ0n) is 24.0. The lowest BCUT2D eigenvalue weighted by molar-refractivity contribution is -0.142. The largest absolute Gasteiger partial charge is 0.444 e. The summed E-state index contributed by atoms with van der Waals surface area (Å²) in [7, 11) is 0. The Morgan fingerprint density at radius 3 is 2.33 bits per heavy atom. The van der Waals surface area contributed by atoms with Crippen LogP contribution in [0.5, 0.6) is 0 Å². The zero-order valence-corrected chi connectivity index (χ0v) is 24.0. The van der Waals surface area contributed by atoms with Gasteiger partial charge in [0.15, 0.2) is 0 Å². The van der Waals surface area contributed by atoms with Crippen LogP contribution in [0.25, 0.3) is 10.8 Å². The van der Waals surface area contributed by atoms with Crippen LogP contribution in [0.1, 0.15) is 56.8 Å². The molecule has 3 aromatic rings. The average Bonchev–Trinajstić information content (AvgIpc) is 3.61. The second-order valence-corrected chi connectivity index (χ2v) is 11.7. The third kappa shape index (κ3) is 6.62. The van der Waals surface area contributed by atoms with Crippen molar-refractivity contribution in [3.63, 3.8) is 0 Å². The molecule has 0 bridgehead atoms. The van der Waals surface area contributed by atoms with Crippen molar-refractivity contribution in [2.75, 3.05) is 11.9 Å². The summed E-state index contributed by atoms with van der Waals surface area (Å²) in [6.45, 7) is 10.4. The first kappa shape index (κ1) is 29.1.